The molecule has 21 heavy (non-hydrogen) atoms. The lowest BCUT2D eigenvalue weighted by Gasteiger charge is -2.41. The summed E-state index contributed by atoms with van der Waals surface area (Å²) in [4.78, 5) is 13.8. The third-order valence-corrected chi connectivity index (χ3v) is 4.64. The van der Waals surface area contributed by atoms with Gasteiger partial charge in [-0.1, -0.05) is 12.1 Å². The summed E-state index contributed by atoms with van der Waals surface area (Å²) in [5.74, 6) is 0.511. The first-order valence-electron chi connectivity index (χ1n) is 7.65. The summed E-state index contributed by atoms with van der Waals surface area (Å²) in [5.41, 5.74) is 7.24. The van der Waals surface area contributed by atoms with E-state index < -0.39 is 0 Å². The second kappa shape index (κ2) is 6.12. The van der Waals surface area contributed by atoms with Crippen LogP contribution in [0.3, 0.4) is 0 Å². The highest BCUT2D eigenvalue weighted by Crippen LogP contribution is 2.26. The van der Waals surface area contributed by atoms with Gasteiger partial charge in [0, 0.05) is 44.2 Å². The van der Waals surface area contributed by atoms with Crippen molar-refractivity contribution < 1.29 is 9.18 Å². The molecule has 2 unspecified atom stereocenters. The highest BCUT2D eigenvalue weighted by molar-refractivity contribution is 5.77. The monoisotopic (exact) mass is 291 g/mol. The number of hydrogen-bond acceptors (Lipinski definition) is 3. The minimum Gasteiger partial charge on any atom is -0.353 e. The highest BCUT2D eigenvalue weighted by Gasteiger charge is 2.33. The van der Waals surface area contributed by atoms with Crippen LogP contribution in [-0.4, -0.2) is 29.9 Å². The van der Waals surface area contributed by atoms with E-state index in [0.717, 1.165) is 38.0 Å². The van der Waals surface area contributed by atoms with Gasteiger partial charge in [-0.3, -0.25) is 9.69 Å². The average Bonchev–Trinajstić information content (AvgIpc) is 2.49. The molecule has 0 aromatic heterocycles. The molecule has 2 fully saturated rings. The Hall–Kier alpha value is -1.46. The molecule has 1 aromatic carbocycles. The van der Waals surface area contributed by atoms with Crippen molar-refractivity contribution in [2.24, 2.45) is 11.7 Å². The topological polar surface area (TPSA) is 58.4 Å². The van der Waals surface area contributed by atoms with Gasteiger partial charge in [0.2, 0.25) is 5.91 Å². The summed E-state index contributed by atoms with van der Waals surface area (Å²) in [5, 5.41) is 3.10. The van der Waals surface area contributed by atoms with E-state index in [1.807, 2.05) is 12.1 Å². The molecule has 0 aliphatic carbocycles. The van der Waals surface area contributed by atoms with Gasteiger partial charge in [-0.2, -0.15) is 0 Å². The molecule has 2 aliphatic heterocycles. The van der Waals surface area contributed by atoms with E-state index in [1.165, 1.54) is 6.07 Å². The number of fused-ring (bicyclic) bond motifs is 1. The fraction of sp³-hybridized carbons (Fsp3) is 0.562. The molecule has 2 atom stereocenters. The standard InChI is InChI=1S/C16H22FN3O/c17-14-3-1-11(7-13(14)8-18)9-20-6-5-15-12(10-20)2-4-16(21)19-15/h1,3,7,12,15H,2,4-6,8-10,18H2,(H,19,21). The zero-order valence-electron chi connectivity index (χ0n) is 12.1. The van der Waals surface area contributed by atoms with Crippen LogP contribution in [0.15, 0.2) is 18.2 Å². The molecule has 2 aliphatic rings. The minimum atomic E-state index is -0.227. The highest BCUT2D eigenvalue weighted by atomic mass is 19.1. The summed E-state index contributed by atoms with van der Waals surface area (Å²) in [6, 6.07) is 5.55. The maximum Gasteiger partial charge on any atom is 0.220 e. The first kappa shape index (κ1) is 14.5. The van der Waals surface area contributed by atoms with E-state index in [4.69, 9.17) is 5.73 Å². The number of nitrogens with two attached hydrogens (primary N) is 1. The van der Waals surface area contributed by atoms with Crippen LogP contribution in [0.1, 0.15) is 30.4 Å². The van der Waals surface area contributed by atoms with Crippen LogP contribution in [0.2, 0.25) is 0 Å². The van der Waals surface area contributed by atoms with Crippen molar-refractivity contribution in [2.75, 3.05) is 13.1 Å². The number of carbonyl (C=O) groups excluding carboxylic acids is 1. The first-order valence-corrected chi connectivity index (χ1v) is 7.65. The third kappa shape index (κ3) is 3.24. The number of halogens is 1. The van der Waals surface area contributed by atoms with Crippen LogP contribution in [0.4, 0.5) is 4.39 Å². The molecular weight excluding hydrogens is 269 g/mol. The number of rotatable bonds is 3. The molecule has 0 saturated carbocycles. The van der Waals surface area contributed by atoms with Gasteiger partial charge in [0.15, 0.2) is 0 Å². The lowest BCUT2D eigenvalue weighted by Crippen LogP contribution is -2.53. The Morgan fingerprint density at radius 3 is 3.05 bits per heavy atom. The van der Waals surface area contributed by atoms with Crippen LogP contribution < -0.4 is 11.1 Å². The Balaban J connectivity index is 1.63. The van der Waals surface area contributed by atoms with E-state index in [0.29, 0.717) is 23.9 Å². The third-order valence-electron chi connectivity index (χ3n) is 4.64. The molecule has 1 aromatic rings. The fourth-order valence-corrected chi connectivity index (χ4v) is 3.47. The van der Waals surface area contributed by atoms with E-state index in [2.05, 4.69) is 10.2 Å². The van der Waals surface area contributed by atoms with Crippen molar-refractivity contribution in [2.45, 2.75) is 38.4 Å². The van der Waals surface area contributed by atoms with Crippen molar-refractivity contribution in [1.29, 1.82) is 0 Å². The van der Waals surface area contributed by atoms with Gasteiger partial charge in [-0.05, 0) is 30.4 Å². The number of nitrogens with one attached hydrogen (secondary N) is 1. The normalized spacial score (nSPS) is 26.3. The van der Waals surface area contributed by atoms with E-state index in [-0.39, 0.29) is 18.3 Å². The first-order chi connectivity index (χ1) is 10.2. The van der Waals surface area contributed by atoms with Crippen LogP contribution >= 0.6 is 0 Å². The molecule has 5 heteroatoms. The zero-order valence-corrected chi connectivity index (χ0v) is 12.1. The van der Waals surface area contributed by atoms with Crippen molar-refractivity contribution in [3.63, 3.8) is 0 Å². The summed E-state index contributed by atoms with van der Waals surface area (Å²) in [6.07, 6.45) is 2.62. The molecule has 3 N–H and O–H groups in total. The largest absolute Gasteiger partial charge is 0.353 e. The van der Waals surface area contributed by atoms with Crippen molar-refractivity contribution in [3.05, 3.63) is 35.1 Å². The lowest BCUT2D eigenvalue weighted by molar-refractivity contribution is -0.125. The van der Waals surface area contributed by atoms with Gasteiger partial charge in [0.1, 0.15) is 5.82 Å². The molecule has 1 amide bonds. The van der Waals surface area contributed by atoms with Crippen LogP contribution in [0.25, 0.3) is 0 Å². The van der Waals surface area contributed by atoms with Crippen LogP contribution in [0, 0.1) is 11.7 Å². The quantitative estimate of drug-likeness (QED) is 0.884. The number of benzene rings is 1. The van der Waals surface area contributed by atoms with Gasteiger partial charge in [0.05, 0.1) is 0 Å². The molecule has 4 nitrogen and oxygen atoms in total. The second-order valence-electron chi connectivity index (χ2n) is 6.13. The molecule has 0 radical (unpaired) electrons. The van der Waals surface area contributed by atoms with E-state index in [1.54, 1.807) is 0 Å². The fourth-order valence-electron chi connectivity index (χ4n) is 3.47. The second-order valence-corrected chi connectivity index (χ2v) is 6.13. The Kier molecular flexibility index (Phi) is 4.22. The predicted octanol–water partition coefficient (Wildman–Crippen LogP) is 1.38. The maximum atomic E-state index is 13.5. The summed E-state index contributed by atoms with van der Waals surface area (Å²) < 4.78 is 13.5. The number of likely N-dealkylation sites (tertiary alicyclic amines) is 1. The summed E-state index contributed by atoms with van der Waals surface area (Å²) in [7, 11) is 0. The molecule has 0 spiro atoms. The number of amides is 1. The lowest BCUT2D eigenvalue weighted by atomic mass is 9.85. The van der Waals surface area contributed by atoms with Crippen molar-refractivity contribution in [1.82, 2.24) is 10.2 Å². The van der Waals surface area contributed by atoms with E-state index in [9.17, 15) is 9.18 Å². The van der Waals surface area contributed by atoms with Gasteiger partial charge < -0.3 is 11.1 Å². The molecular formula is C16H22FN3O. The van der Waals surface area contributed by atoms with Crippen molar-refractivity contribution >= 4 is 5.91 Å². The Morgan fingerprint density at radius 1 is 1.38 bits per heavy atom. The van der Waals surface area contributed by atoms with E-state index >= 15 is 0 Å². The molecule has 0 bridgehead atoms. The number of carbonyl (C=O) groups is 1. The smallest absolute Gasteiger partial charge is 0.220 e. The Morgan fingerprint density at radius 2 is 2.24 bits per heavy atom. The van der Waals surface area contributed by atoms with Gasteiger partial charge in [0.25, 0.3) is 0 Å². The van der Waals surface area contributed by atoms with Crippen molar-refractivity contribution in [3.8, 4) is 0 Å². The molecule has 2 heterocycles. The predicted molar refractivity (Wildman–Crippen MR) is 78.8 cm³/mol. The summed E-state index contributed by atoms with van der Waals surface area (Å²) >= 11 is 0. The SMILES string of the molecule is NCc1cc(CN2CCC3NC(=O)CCC3C2)ccc1F. The zero-order chi connectivity index (χ0) is 14.8. The van der Waals surface area contributed by atoms with Crippen LogP contribution in [-0.2, 0) is 17.9 Å². The number of nitrogens with zero attached hydrogens (tertiary/aromatic N) is 1. The maximum absolute atomic E-state index is 13.5. The molecule has 2 saturated heterocycles. The Labute approximate surface area is 124 Å². The Bertz CT molecular complexity index is 534. The van der Waals surface area contributed by atoms with Gasteiger partial charge in [-0.15, -0.1) is 0 Å². The number of piperidine rings is 2. The van der Waals surface area contributed by atoms with Gasteiger partial charge >= 0.3 is 0 Å². The minimum absolute atomic E-state index is 0.191. The molecule has 3 rings (SSSR count). The van der Waals surface area contributed by atoms with Gasteiger partial charge in [-0.25, -0.2) is 4.39 Å². The summed E-state index contributed by atoms with van der Waals surface area (Å²) in [6.45, 7) is 3.03. The average molecular weight is 291 g/mol. The van der Waals surface area contributed by atoms with Crippen LogP contribution in [0.5, 0.6) is 0 Å². The number of hydrogen-bond donors (Lipinski definition) is 2. The molecule has 114 valence electrons.